The Hall–Kier alpha value is -1.09. The van der Waals surface area contributed by atoms with E-state index < -0.39 is 0 Å². The zero-order valence-corrected chi connectivity index (χ0v) is 11.3. The van der Waals surface area contributed by atoms with Gasteiger partial charge in [0.1, 0.15) is 5.82 Å². The summed E-state index contributed by atoms with van der Waals surface area (Å²) in [5.74, 6) is 0.278. The largest absolute Gasteiger partial charge is 0.384 e. The fraction of sp³-hybridized carbons (Fsp3) is 0.533. The molecule has 2 fully saturated rings. The number of halogens is 2. The van der Waals surface area contributed by atoms with Crippen LogP contribution < -0.4 is 5.32 Å². The van der Waals surface area contributed by atoms with Crippen molar-refractivity contribution in [2.24, 2.45) is 0 Å². The van der Waals surface area contributed by atoms with Crippen LogP contribution in [-0.4, -0.2) is 12.3 Å². The molecule has 0 atom stereocenters. The maximum atomic E-state index is 14.6. The van der Waals surface area contributed by atoms with E-state index in [2.05, 4.69) is 5.32 Å². The fourth-order valence-corrected chi connectivity index (χ4v) is 3.49. The van der Waals surface area contributed by atoms with Gasteiger partial charge in [-0.2, -0.15) is 0 Å². The molecule has 1 aromatic rings. The first-order chi connectivity index (χ1) is 9.18. The summed E-state index contributed by atoms with van der Waals surface area (Å²) in [7, 11) is 0. The zero-order chi connectivity index (χ0) is 13.1. The molecular weight excluding hydrogens is 265 g/mol. The third kappa shape index (κ3) is 1.71. The normalized spacial score (nSPS) is 22.1. The van der Waals surface area contributed by atoms with Crippen LogP contribution in [0.2, 0.25) is 5.02 Å². The van der Waals surface area contributed by atoms with Crippen molar-refractivity contribution < 1.29 is 9.18 Å². The Bertz CT molecular complexity index is 591. The highest BCUT2D eigenvalue weighted by molar-refractivity contribution is 6.32. The van der Waals surface area contributed by atoms with E-state index in [0.29, 0.717) is 30.0 Å². The van der Waals surface area contributed by atoms with Crippen molar-refractivity contribution in [2.75, 3.05) is 11.9 Å². The van der Waals surface area contributed by atoms with Gasteiger partial charge in [0.15, 0.2) is 5.78 Å². The summed E-state index contributed by atoms with van der Waals surface area (Å²) in [5, 5.41) is 3.56. The molecular formula is C15H15ClFNO. The highest BCUT2D eigenvalue weighted by atomic mass is 35.5. The average Bonchev–Trinajstić information content (AvgIpc) is 3.25. The number of hydrogen-bond acceptors (Lipinski definition) is 2. The molecule has 2 aliphatic carbocycles. The number of Topliss-reactive ketones (excluding diaryl/α,β-unsaturated/α-hetero) is 1. The number of carbonyl (C=O) groups excluding carboxylic acids is 1. The molecule has 1 N–H and O–H groups in total. The van der Waals surface area contributed by atoms with Crippen molar-refractivity contribution >= 4 is 23.1 Å². The molecule has 3 aliphatic rings. The molecule has 0 bridgehead atoms. The Morgan fingerprint density at radius 3 is 2.37 bits per heavy atom. The lowest BCUT2D eigenvalue weighted by atomic mass is 9.89. The predicted molar refractivity (Wildman–Crippen MR) is 72.8 cm³/mol. The van der Waals surface area contributed by atoms with Crippen LogP contribution in [0.1, 0.15) is 65.4 Å². The van der Waals surface area contributed by atoms with E-state index in [1.807, 2.05) is 0 Å². The molecule has 1 heterocycles. The van der Waals surface area contributed by atoms with Crippen molar-refractivity contribution in [1.82, 2.24) is 0 Å². The van der Waals surface area contributed by atoms with Crippen molar-refractivity contribution in [3.05, 3.63) is 27.5 Å². The average molecular weight is 280 g/mol. The monoisotopic (exact) mass is 279 g/mol. The molecule has 0 spiro atoms. The summed E-state index contributed by atoms with van der Waals surface area (Å²) in [6.07, 6.45) is 4.48. The molecule has 100 valence electrons. The van der Waals surface area contributed by atoms with Crippen LogP contribution in [0, 0.1) is 5.82 Å². The van der Waals surface area contributed by atoms with Crippen LogP contribution in [0.15, 0.2) is 0 Å². The number of anilines is 1. The molecule has 0 saturated heterocycles. The number of carbonyl (C=O) groups is 1. The molecule has 19 heavy (non-hydrogen) atoms. The van der Waals surface area contributed by atoms with Crippen LogP contribution in [0.4, 0.5) is 10.1 Å². The molecule has 0 radical (unpaired) electrons. The molecule has 1 aromatic carbocycles. The van der Waals surface area contributed by atoms with Gasteiger partial charge >= 0.3 is 0 Å². The van der Waals surface area contributed by atoms with Gasteiger partial charge in [-0.15, -0.1) is 0 Å². The van der Waals surface area contributed by atoms with E-state index >= 15 is 0 Å². The van der Waals surface area contributed by atoms with Gasteiger partial charge in [-0.1, -0.05) is 11.6 Å². The van der Waals surface area contributed by atoms with E-state index in [9.17, 15) is 9.18 Å². The second-order valence-corrected chi connectivity index (χ2v) is 6.23. The van der Waals surface area contributed by atoms with Gasteiger partial charge in [0.05, 0.1) is 10.7 Å². The van der Waals surface area contributed by atoms with Crippen molar-refractivity contribution in [3.63, 3.8) is 0 Å². The lowest BCUT2D eigenvalue weighted by Crippen LogP contribution is -2.22. The summed E-state index contributed by atoms with van der Waals surface area (Å²) >= 11 is 6.26. The van der Waals surface area contributed by atoms with Crippen LogP contribution in [0.25, 0.3) is 0 Å². The first-order valence-corrected chi connectivity index (χ1v) is 7.38. The maximum Gasteiger partial charge on any atom is 0.167 e. The van der Waals surface area contributed by atoms with E-state index in [1.54, 1.807) is 0 Å². The Kier molecular flexibility index (Phi) is 2.44. The zero-order valence-electron chi connectivity index (χ0n) is 10.6. The van der Waals surface area contributed by atoms with Gasteiger partial charge < -0.3 is 5.32 Å². The van der Waals surface area contributed by atoms with Gasteiger partial charge in [-0.05, 0) is 37.5 Å². The topological polar surface area (TPSA) is 29.1 Å². The van der Waals surface area contributed by atoms with Crippen LogP contribution in [0.3, 0.4) is 0 Å². The molecule has 2 nitrogen and oxygen atoms in total. The number of hydrogen-bond donors (Lipinski definition) is 1. The highest BCUT2D eigenvalue weighted by Gasteiger charge is 2.40. The number of fused-ring (bicyclic) bond motifs is 1. The second kappa shape index (κ2) is 3.95. The number of benzene rings is 1. The van der Waals surface area contributed by atoms with E-state index in [1.165, 1.54) is 0 Å². The van der Waals surface area contributed by atoms with Crippen LogP contribution in [0.5, 0.6) is 0 Å². The molecule has 0 aromatic heterocycles. The standard InChI is InChI=1S/C15H15ClFNO/c16-13-11(8-3-4-8)15-12(9(19)5-6-18-15)10(14(13)17)7-1-2-7/h7-8,18H,1-6H2. The number of rotatable bonds is 2. The SMILES string of the molecule is O=C1CCNc2c1c(C1CC1)c(F)c(Cl)c2C1CC1. The van der Waals surface area contributed by atoms with Crippen molar-refractivity contribution in [3.8, 4) is 0 Å². The Morgan fingerprint density at radius 2 is 1.74 bits per heavy atom. The fourth-order valence-electron chi connectivity index (χ4n) is 3.14. The van der Waals surface area contributed by atoms with Crippen LogP contribution >= 0.6 is 11.6 Å². The molecule has 4 heteroatoms. The summed E-state index contributed by atoms with van der Waals surface area (Å²) < 4.78 is 14.6. The summed E-state index contributed by atoms with van der Waals surface area (Å²) in [5.41, 5.74) is 2.89. The first kappa shape index (κ1) is 11.7. The van der Waals surface area contributed by atoms with E-state index in [-0.39, 0.29) is 22.5 Å². The minimum atomic E-state index is -0.332. The van der Waals surface area contributed by atoms with E-state index in [0.717, 1.165) is 36.9 Å². The molecule has 2 saturated carbocycles. The maximum absolute atomic E-state index is 14.6. The van der Waals surface area contributed by atoms with Gasteiger partial charge in [-0.25, -0.2) is 4.39 Å². The summed E-state index contributed by atoms with van der Waals surface area (Å²) in [4.78, 5) is 12.2. The minimum Gasteiger partial charge on any atom is -0.384 e. The van der Waals surface area contributed by atoms with Gasteiger partial charge in [0.25, 0.3) is 0 Å². The minimum absolute atomic E-state index is 0.0770. The van der Waals surface area contributed by atoms with Crippen molar-refractivity contribution in [2.45, 2.75) is 43.9 Å². The molecule has 0 unspecified atom stereocenters. The number of nitrogens with one attached hydrogen (secondary N) is 1. The quantitative estimate of drug-likeness (QED) is 0.878. The second-order valence-electron chi connectivity index (χ2n) is 5.85. The Labute approximate surface area is 116 Å². The predicted octanol–water partition coefficient (Wildman–Crippen LogP) is 4.23. The summed E-state index contributed by atoms with van der Waals surface area (Å²) in [6.45, 7) is 0.637. The number of ketones is 1. The molecule has 4 rings (SSSR count). The lowest BCUT2D eigenvalue weighted by Gasteiger charge is -2.25. The smallest absolute Gasteiger partial charge is 0.167 e. The van der Waals surface area contributed by atoms with Crippen LogP contribution in [-0.2, 0) is 0 Å². The summed E-state index contributed by atoms with van der Waals surface area (Å²) in [6, 6.07) is 0. The van der Waals surface area contributed by atoms with Gasteiger partial charge in [0, 0.05) is 29.7 Å². The third-order valence-electron chi connectivity index (χ3n) is 4.36. The Balaban J connectivity index is 2.02. The molecule has 0 amide bonds. The lowest BCUT2D eigenvalue weighted by molar-refractivity contribution is 0.0982. The first-order valence-electron chi connectivity index (χ1n) is 7.00. The van der Waals surface area contributed by atoms with E-state index in [4.69, 9.17) is 11.6 Å². The third-order valence-corrected chi connectivity index (χ3v) is 4.73. The van der Waals surface area contributed by atoms with Crippen molar-refractivity contribution in [1.29, 1.82) is 0 Å². The van der Waals surface area contributed by atoms with Gasteiger partial charge in [-0.3, -0.25) is 4.79 Å². The van der Waals surface area contributed by atoms with Gasteiger partial charge in [0.2, 0.25) is 0 Å². The highest BCUT2D eigenvalue weighted by Crippen LogP contribution is 2.54. The Morgan fingerprint density at radius 1 is 1.11 bits per heavy atom. The molecule has 1 aliphatic heterocycles.